The fraction of sp³-hybridized carbons (Fsp3) is 0.500. The molecule has 2 atom stereocenters. The summed E-state index contributed by atoms with van der Waals surface area (Å²) < 4.78 is 0. The van der Waals surface area contributed by atoms with Crippen LogP contribution in [-0.2, 0) is 19.2 Å². The van der Waals surface area contributed by atoms with E-state index in [1.807, 2.05) is 0 Å². The van der Waals surface area contributed by atoms with Gasteiger partial charge in [0.1, 0.15) is 0 Å². The maximum absolute atomic E-state index is 9.65. The summed E-state index contributed by atoms with van der Waals surface area (Å²) in [5, 5.41) is 38.5. The summed E-state index contributed by atoms with van der Waals surface area (Å²) in [5.74, 6) is -6.50. The molecule has 0 heterocycles. The molecule has 0 radical (unpaired) electrons. The fourth-order valence-corrected chi connectivity index (χ4v) is 0.500. The SMILES string of the molecule is [K+].[Mg+2].[NH-][C@@H](CC(=O)[O-])C(=O)[O-].[NH-][C@@H](CC(=O)[O-])C(=O)[O-]. The van der Waals surface area contributed by atoms with Gasteiger partial charge in [-0.05, 0) is 12.8 Å². The molecule has 10 nitrogen and oxygen atoms in total. The van der Waals surface area contributed by atoms with Gasteiger partial charge < -0.3 is 51.1 Å². The van der Waals surface area contributed by atoms with Crippen molar-refractivity contribution in [2.45, 2.75) is 24.9 Å². The summed E-state index contributed by atoms with van der Waals surface area (Å²) >= 11 is 0. The summed E-state index contributed by atoms with van der Waals surface area (Å²) in [7, 11) is 0. The molecule has 0 spiro atoms. The number of nitrogens with one attached hydrogen (secondary N) is 2. The van der Waals surface area contributed by atoms with Crippen LogP contribution < -0.4 is 71.8 Å². The van der Waals surface area contributed by atoms with Gasteiger partial charge in [-0.1, -0.05) is 12.1 Å². The van der Waals surface area contributed by atoms with Crippen molar-refractivity contribution in [3.05, 3.63) is 11.5 Å². The number of hydrogen-bond donors (Lipinski definition) is 0. The van der Waals surface area contributed by atoms with Gasteiger partial charge >= 0.3 is 74.4 Å². The first-order valence-electron chi connectivity index (χ1n) is 4.31. The third-order valence-corrected chi connectivity index (χ3v) is 1.31. The summed E-state index contributed by atoms with van der Waals surface area (Å²) in [6.07, 6.45) is -1.63. The Morgan fingerprint density at radius 1 is 0.750 bits per heavy atom. The Bertz CT molecular complexity index is 308. The minimum atomic E-state index is -1.71. The van der Waals surface area contributed by atoms with Gasteiger partial charge in [-0.15, -0.1) is 0 Å². The largest absolute Gasteiger partial charge is 2.00 e. The van der Waals surface area contributed by atoms with Gasteiger partial charge in [0.05, 0.1) is 0 Å². The molecule has 2 N–H and O–H groups in total. The number of carboxylic acids is 4. The van der Waals surface area contributed by atoms with Gasteiger partial charge in [0.25, 0.3) is 0 Å². The van der Waals surface area contributed by atoms with E-state index in [1.54, 1.807) is 0 Å². The molecular weight excluding hydrogens is 315 g/mol. The number of rotatable bonds is 6. The average molecular weight is 324 g/mol. The van der Waals surface area contributed by atoms with Gasteiger partial charge in [-0.3, -0.25) is 0 Å². The molecule has 0 rings (SSSR count). The van der Waals surface area contributed by atoms with Crippen LogP contribution in [0.5, 0.6) is 0 Å². The van der Waals surface area contributed by atoms with E-state index in [2.05, 4.69) is 0 Å². The molecule has 0 bridgehead atoms. The molecule has 0 amide bonds. The van der Waals surface area contributed by atoms with E-state index >= 15 is 0 Å². The van der Waals surface area contributed by atoms with Crippen molar-refractivity contribution in [3.63, 3.8) is 0 Å². The van der Waals surface area contributed by atoms with E-state index < -0.39 is 48.8 Å². The number of aliphatic carboxylic acids is 4. The molecule has 0 aliphatic heterocycles. The molecule has 0 saturated heterocycles. The molecule has 0 saturated carbocycles. The van der Waals surface area contributed by atoms with Crippen LogP contribution >= 0.6 is 0 Å². The van der Waals surface area contributed by atoms with Crippen LogP contribution in [0.3, 0.4) is 0 Å². The van der Waals surface area contributed by atoms with E-state index in [1.165, 1.54) is 0 Å². The van der Waals surface area contributed by atoms with Crippen LogP contribution in [-0.4, -0.2) is 59.0 Å². The zero-order chi connectivity index (χ0) is 14.9. The van der Waals surface area contributed by atoms with E-state index in [-0.39, 0.29) is 74.4 Å². The topological polar surface area (TPSA) is 208 Å². The van der Waals surface area contributed by atoms with Crippen molar-refractivity contribution in [2.24, 2.45) is 0 Å². The van der Waals surface area contributed by atoms with Crippen molar-refractivity contribution < 1.29 is 91.0 Å². The molecule has 0 unspecified atom stereocenters. The molecule has 0 aromatic rings. The first-order valence-corrected chi connectivity index (χ1v) is 4.31. The van der Waals surface area contributed by atoms with Crippen LogP contribution in [0.15, 0.2) is 0 Å². The standard InChI is InChI=1S/2C4H6NO4.K.Mg/c2*5-2(4(8)9)1-3(6)7;;/h2*2,5H,1H2,(H,6,7)(H,8,9);;/q2*-1;+1;+2/p-4/t2*2-;;/m00../s1. The molecule has 0 aromatic heterocycles. The Kier molecular flexibility index (Phi) is 22.1. The first kappa shape index (κ1) is 28.4. The third-order valence-electron chi connectivity index (χ3n) is 1.31. The van der Waals surface area contributed by atoms with Crippen LogP contribution in [0.1, 0.15) is 12.8 Å². The smallest absolute Gasteiger partial charge is 0.670 e. The van der Waals surface area contributed by atoms with Crippen molar-refractivity contribution >= 4 is 46.9 Å². The van der Waals surface area contributed by atoms with Crippen LogP contribution in [0.2, 0.25) is 0 Å². The second kappa shape index (κ2) is 15.6. The van der Waals surface area contributed by atoms with Crippen molar-refractivity contribution in [3.8, 4) is 0 Å². The molecule has 0 aliphatic carbocycles. The van der Waals surface area contributed by atoms with Gasteiger partial charge in [-0.25, -0.2) is 0 Å². The minimum absolute atomic E-state index is 0. The first-order chi connectivity index (χ1) is 8.07. The summed E-state index contributed by atoms with van der Waals surface area (Å²) in [4.78, 5) is 38.5. The Hall–Kier alpha value is 0.203. The van der Waals surface area contributed by atoms with E-state index in [9.17, 15) is 39.6 Å². The maximum Gasteiger partial charge on any atom is 2.00 e. The molecule has 20 heavy (non-hydrogen) atoms. The monoisotopic (exact) mass is 323 g/mol. The Morgan fingerprint density at radius 2 is 0.950 bits per heavy atom. The molecule has 0 aliphatic rings. The molecule has 0 aromatic carbocycles. The zero-order valence-electron chi connectivity index (χ0n) is 10.5. The van der Waals surface area contributed by atoms with Crippen molar-refractivity contribution in [2.75, 3.05) is 0 Å². The molecule has 104 valence electrons. The van der Waals surface area contributed by atoms with E-state index in [0.29, 0.717) is 0 Å². The quantitative estimate of drug-likeness (QED) is 0.427. The normalized spacial score (nSPS) is 11.3. The number of carbonyl (C=O) groups is 4. The fourth-order valence-electron chi connectivity index (χ4n) is 0.500. The van der Waals surface area contributed by atoms with Crippen LogP contribution in [0.4, 0.5) is 0 Å². The van der Waals surface area contributed by atoms with Crippen molar-refractivity contribution in [1.82, 2.24) is 0 Å². The summed E-state index contributed by atoms with van der Waals surface area (Å²) in [6.45, 7) is 0. The van der Waals surface area contributed by atoms with E-state index in [4.69, 9.17) is 11.5 Å². The average Bonchev–Trinajstić information content (AvgIpc) is 2.16. The Balaban J connectivity index is -0.000000116. The molecule has 0 fully saturated rings. The van der Waals surface area contributed by atoms with E-state index in [0.717, 1.165) is 0 Å². The minimum Gasteiger partial charge on any atom is -0.670 e. The van der Waals surface area contributed by atoms with Gasteiger partial charge in [0, 0.05) is 23.9 Å². The number of carboxylic acid groups (broad SMARTS) is 4. The van der Waals surface area contributed by atoms with Gasteiger partial charge in [0.15, 0.2) is 0 Å². The Morgan fingerprint density at radius 3 is 1.00 bits per heavy atom. The molecule has 12 heteroatoms. The third kappa shape index (κ3) is 20.5. The number of carbonyl (C=O) groups excluding carboxylic acids is 4. The van der Waals surface area contributed by atoms with Gasteiger partial charge in [-0.2, -0.15) is 0 Å². The maximum atomic E-state index is 9.65. The number of hydrogen-bond acceptors (Lipinski definition) is 8. The van der Waals surface area contributed by atoms with Crippen molar-refractivity contribution in [1.29, 1.82) is 0 Å². The van der Waals surface area contributed by atoms with Crippen LogP contribution in [0, 0.1) is 0 Å². The summed E-state index contributed by atoms with van der Waals surface area (Å²) in [5.41, 5.74) is 12.9. The second-order valence-electron chi connectivity index (χ2n) is 2.90. The summed E-state index contributed by atoms with van der Waals surface area (Å²) in [6, 6.07) is -3.43. The molecular formula is C8H8KMgN2O8-3. The van der Waals surface area contributed by atoms with Crippen LogP contribution in [0.25, 0.3) is 11.5 Å². The zero-order valence-corrected chi connectivity index (χ0v) is 15.1. The predicted molar refractivity (Wildman–Crippen MR) is 51.2 cm³/mol. The predicted octanol–water partition coefficient (Wildman–Crippen LogP) is -8.78. The van der Waals surface area contributed by atoms with Gasteiger partial charge in [0.2, 0.25) is 0 Å². The Labute approximate surface area is 172 Å². The second-order valence-corrected chi connectivity index (χ2v) is 2.90.